The number of rotatable bonds is 4. The molecule has 0 unspecified atom stereocenters. The van der Waals surface area contributed by atoms with Gasteiger partial charge in [0, 0.05) is 50.4 Å². The third-order valence-electron chi connectivity index (χ3n) is 5.36. The molecule has 1 radical (unpaired) electrons. The first-order chi connectivity index (χ1) is 16.7. The average Bonchev–Trinajstić information content (AvgIpc) is 2.80. The summed E-state index contributed by atoms with van der Waals surface area (Å²) in [6.45, 7) is 3.51. The molecule has 2 aromatic heterocycles. The Hall–Kier alpha value is -2.78. The maximum atomic E-state index is 12.1. The SMILES string of the molecule is Cc1ccc2c(S(=O)(=O)N(C)C)ccc([O-])c2n1.Cc1ccc2c(S(=O)(=O)N(C)C)ccc([O-])c2n1.[O-2].[V+4]. The molecule has 0 spiro atoms. The van der Waals surface area contributed by atoms with Crippen LogP contribution in [-0.2, 0) is 44.1 Å². The van der Waals surface area contributed by atoms with E-state index in [0.29, 0.717) is 22.2 Å². The minimum Gasteiger partial charge on any atom is -2.00 e. The number of sulfonamides is 2. The van der Waals surface area contributed by atoms with Crippen LogP contribution in [0.15, 0.2) is 58.3 Å². The molecule has 0 amide bonds. The molecule has 0 atom stereocenters. The van der Waals surface area contributed by atoms with Crippen LogP contribution in [0.2, 0.25) is 0 Å². The van der Waals surface area contributed by atoms with Crippen molar-refractivity contribution in [1.82, 2.24) is 18.6 Å². The first kappa shape index (κ1) is 33.3. The zero-order valence-electron chi connectivity index (χ0n) is 21.5. The normalized spacial score (nSPS) is 11.6. The number of fused-ring (bicyclic) bond motifs is 2. The third kappa shape index (κ3) is 6.43. The van der Waals surface area contributed by atoms with Gasteiger partial charge in [-0.15, -0.1) is 0 Å². The molecule has 0 bridgehead atoms. The molecule has 11 nitrogen and oxygen atoms in total. The summed E-state index contributed by atoms with van der Waals surface area (Å²) in [5.41, 5.74) is 1.74. The van der Waals surface area contributed by atoms with Crippen LogP contribution in [0.4, 0.5) is 0 Å². The fraction of sp³-hybridized carbons (Fsp3) is 0.250. The molecule has 0 fully saturated rings. The summed E-state index contributed by atoms with van der Waals surface area (Å²) in [6.07, 6.45) is 0. The van der Waals surface area contributed by atoms with Gasteiger partial charge in [0.1, 0.15) is 0 Å². The Morgan fingerprint density at radius 1 is 0.605 bits per heavy atom. The van der Waals surface area contributed by atoms with Crippen LogP contribution in [0.1, 0.15) is 11.4 Å². The molecule has 201 valence electrons. The average molecular weight is 598 g/mol. The minimum absolute atomic E-state index is 0. The van der Waals surface area contributed by atoms with Gasteiger partial charge in [-0.1, -0.05) is 23.6 Å². The number of hydrogen-bond acceptors (Lipinski definition) is 8. The van der Waals surface area contributed by atoms with Crippen LogP contribution in [0.25, 0.3) is 21.8 Å². The largest absolute Gasteiger partial charge is 4.00 e. The van der Waals surface area contributed by atoms with Crippen molar-refractivity contribution in [3.63, 3.8) is 0 Å². The molecule has 0 N–H and O–H groups in total. The van der Waals surface area contributed by atoms with Crippen LogP contribution >= 0.6 is 0 Å². The Morgan fingerprint density at radius 3 is 1.21 bits per heavy atom. The number of nitrogens with zero attached hydrogens (tertiary/aromatic N) is 4. The Bertz CT molecular complexity index is 1550. The van der Waals surface area contributed by atoms with Gasteiger partial charge in [-0.25, -0.2) is 25.4 Å². The molecule has 4 rings (SSSR count). The van der Waals surface area contributed by atoms with Gasteiger partial charge in [-0.3, -0.25) is 9.97 Å². The van der Waals surface area contributed by atoms with Crippen molar-refractivity contribution in [2.75, 3.05) is 28.2 Å². The number of hydrogen-bond donors (Lipinski definition) is 0. The van der Waals surface area contributed by atoms with Gasteiger partial charge in [0.2, 0.25) is 20.0 Å². The Kier molecular flexibility index (Phi) is 10.8. The van der Waals surface area contributed by atoms with E-state index in [1.807, 2.05) is 0 Å². The second-order valence-electron chi connectivity index (χ2n) is 8.40. The summed E-state index contributed by atoms with van der Waals surface area (Å²) in [4.78, 5) is 8.44. The molecule has 2 heterocycles. The van der Waals surface area contributed by atoms with E-state index in [9.17, 15) is 27.0 Å². The molecule has 2 aromatic carbocycles. The van der Waals surface area contributed by atoms with Crippen molar-refractivity contribution in [3.05, 3.63) is 59.9 Å². The summed E-state index contributed by atoms with van der Waals surface area (Å²) in [5.74, 6) is -0.544. The topological polar surface area (TPSA) is 175 Å². The predicted octanol–water partition coefficient (Wildman–Crippen LogP) is 1.61. The van der Waals surface area contributed by atoms with E-state index >= 15 is 0 Å². The second kappa shape index (κ2) is 12.4. The number of aryl methyl sites for hydroxylation is 2. The summed E-state index contributed by atoms with van der Waals surface area (Å²) in [6, 6.07) is 11.8. The van der Waals surface area contributed by atoms with Gasteiger partial charge >= 0.3 is 18.6 Å². The summed E-state index contributed by atoms with van der Waals surface area (Å²) in [7, 11) is -1.35. The Balaban J connectivity index is 0.000000361. The van der Waals surface area contributed by atoms with Crippen molar-refractivity contribution in [2.45, 2.75) is 23.6 Å². The molecule has 0 aliphatic heterocycles. The van der Waals surface area contributed by atoms with Crippen molar-refractivity contribution in [1.29, 1.82) is 0 Å². The van der Waals surface area contributed by atoms with Gasteiger partial charge in [0.25, 0.3) is 0 Å². The van der Waals surface area contributed by atoms with E-state index < -0.39 is 20.0 Å². The predicted molar refractivity (Wildman–Crippen MR) is 134 cm³/mol. The van der Waals surface area contributed by atoms with E-state index in [4.69, 9.17) is 0 Å². The van der Waals surface area contributed by atoms with Gasteiger partial charge in [0.05, 0.1) is 20.8 Å². The van der Waals surface area contributed by atoms with Crippen LogP contribution in [0.3, 0.4) is 0 Å². The van der Waals surface area contributed by atoms with Crippen molar-refractivity contribution >= 4 is 41.9 Å². The third-order valence-corrected chi connectivity index (χ3v) is 9.10. The van der Waals surface area contributed by atoms with E-state index in [-0.39, 0.29) is 56.4 Å². The standard InChI is InChI=1S/2C12H14N2O3S.O.V/c2*1-8-4-5-9-11(18(16,17)14(2)3)7-6-10(15)12(9)13-8;;/h2*4-7,15H,1-3H3;;/q;;-2;+4/p-2. The van der Waals surface area contributed by atoms with Crippen LogP contribution in [-0.4, -0.2) is 63.6 Å². The maximum absolute atomic E-state index is 12.1. The molecule has 38 heavy (non-hydrogen) atoms. The Labute approximate surface area is 234 Å². The monoisotopic (exact) mass is 597 g/mol. The van der Waals surface area contributed by atoms with Crippen molar-refractivity contribution < 1.29 is 51.1 Å². The van der Waals surface area contributed by atoms with Gasteiger partial charge in [-0.2, -0.15) is 0 Å². The van der Waals surface area contributed by atoms with E-state index in [1.54, 1.807) is 38.1 Å². The van der Waals surface area contributed by atoms with Gasteiger partial charge in [0.15, 0.2) is 0 Å². The van der Waals surface area contributed by atoms with E-state index in [2.05, 4.69) is 9.97 Å². The number of benzene rings is 2. The first-order valence-electron chi connectivity index (χ1n) is 10.7. The van der Waals surface area contributed by atoms with Crippen molar-refractivity contribution in [3.8, 4) is 11.5 Å². The molecular formula is C24H26N4O7S2V. The second-order valence-corrected chi connectivity index (χ2v) is 12.6. The van der Waals surface area contributed by atoms with Crippen molar-refractivity contribution in [2.24, 2.45) is 0 Å². The molecule has 0 saturated heterocycles. The first-order valence-corrected chi connectivity index (χ1v) is 13.6. The fourth-order valence-electron chi connectivity index (χ4n) is 3.37. The molecule has 4 aromatic rings. The molecular weight excluding hydrogens is 571 g/mol. The van der Waals surface area contributed by atoms with Crippen LogP contribution < -0.4 is 10.2 Å². The zero-order chi connectivity index (χ0) is 27.0. The minimum atomic E-state index is -3.58. The van der Waals surface area contributed by atoms with Crippen LogP contribution in [0, 0.1) is 13.8 Å². The quantitative estimate of drug-likeness (QED) is 0.341. The number of pyridine rings is 2. The fourth-order valence-corrected chi connectivity index (χ4v) is 5.52. The van der Waals surface area contributed by atoms with Gasteiger partial charge < -0.3 is 15.7 Å². The summed E-state index contributed by atoms with van der Waals surface area (Å²) in [5, 5.41) is 24.1. The summed E-state index contributed by atoms with van der Waals surface area (Å²) >= 11 is 0. The smallest absolute Gasteiger partial charge is 2.00 e. The molecule has 14 heteroatoms. The molecule has 0 aliphatic rings. The maximum Gasteiger partial charge on any atom is 4.00 e. The Morgan fingerprint density at radius 2 is 0.921 bits per heavy atom. The molecule has 0 saturated carbocycles. The summed E-state index contributed by atoms with van der Waals surface area (Å²) < 4.78 is 50.8. The van der Waals surface area contributed by atoms with Crippen LogP contribution in [0.5, 0.6) is 11.5 Å². The van der Waals surface area contributed by atoms with E-state index in [0.717, 1.165) is 8.61 Å². The van der Waals surface area contributed by atoms with E-state index in [1.165, 1.54) is 52.5 Å². The van der Waals surface area contributed by atoms with Gasteiger partial charge in [-0.05, 0) is 50.2 Å². The number of aromatic nitrogens is 2. The zero-order valence-corrected chi connectivity index (χ0v) is 24.6. The molecule has 0 aliphatic carbocycles.